The molecule has 0 aliphatic carbocycles. The Morgan fingerprint density at radius 3 is 2.73 bits per heavy atom. The molecule has 1 N–H and O–H groups in total. The van der Waals surface area contributed by atoms with Gasteiger partial charge >= 0.3 is 0 Å². The predicted octanol–water partition coefficient (Wildman–Crippen LogP) is 4.66. The number of rotatable bonds is 7. The number of anilines is 1. The molecule has 3 nitrogen and oxygen atoms in total. The second-order valence-electron chi connectivity index (χ2n) is 4.57. The second-order valence-corrected chi connectivity index (χ2v) is 4.97. The Bertz CT molecular complexity index is 661. The van der Waals surface area contributed by atoms with E-state index < -0.39 is 5.82 Å². The number of halogens is 2. The molecule has 0 radical (unpaired) electrons. The van der Waals surface area contributed by atoms with E-state index in [-0.39, 0.29) is 5.02 Å². The molecule has 0 atom stereocenters. The highest BCUT2D eigenvalue weighted by Crippen LogP contribution is 2.28. The number of nitrogens with one attached hydrogen (secondary N) is 1. The van der Waals surface area contributed by atoms with Crippen LogP contribution in [0.4, 0.5) is 10.1 Å². The van der Waals surface area contributed by atoms with Crippen molar-refractivity contribution >= 4 is 17.3 Å². The molecule has 0 amide bonds. The lowest BCUT2D eigenvalue weighted by atomic mass is 10.2. The molecule has 0 aromatic heterocycles. The first-order valence-electron chi connectivity index (χ1n) is 6.73. The molecule has 2 rings (SSSR count). The number of hydrogen-bond donors (Lipinski definition) is 1. The van der Waals surface area contributed by atoms with Gasteiger partial charge in [-0.3, -0.25) is 0 Å². The Labute approximate surface area is 134 Å². The minimum absolute atomic E-state index is 0.0933. The monoisotopic (exact) mass is 321 g/mol. The Morgan fingerprint density at radius 1 is 1.23 bits per heavy atom. The van der Waals surface area contributed by atoms with Crippen LogP contribution in [-0.2, 0) is 6.54 Å². The average Bonchev–Trinajstić information content (AvgIpc) is 2.54. The molecule has 0 heterocycles. The van der Waals surface area contributed by atoms with Crippen molar-refractivity contribution in [3.63, 3.8) is 0 Å². The maximum atomic E-state index is 13.1. The molecular weight excluding hydrogens is 305 g/mol. The summed E-state index contributed by atoms with van der Waals surface area (Å²) in [7, 11) is 1.59. The summed E-state index contributed by atoms with van der Waals surface area (Å²) in [5, 5.41) is 3.27. The van der Waals surface area contributed by atoms with Crippen LogP contribution < -0.4 is 14.8 Å². The normalized spacial score (nSPS) is 10.1. The molecule has 0 fully saturated rings. The molecule has 2 aromatic rings. The van der Waals surface area contributed by atoms with Crippen molar-refractivity contribution in [2.75, 3.05) is 19.0 Å². The van der Waals surface area contributed by atoms with Gasteiger partial charge in [-0.2, -0.15) is 0 Å². The lowest BCUT2D eigenvalue weighted by molar-refractivity contribution is 0.326. The summed E-state index contributed by atoms with van der Waals surface area (Å²) in [6, 6.07) is 10.2. The van der Waals surface area contributed by atoms with Crippen LogP contribution in [0.15, 0.2) is 49.1 Å². The largest absolute Gasteiger partial charge is 0.493 e. The van der Waals surface area contributed by atoms with Gasteiger partial charge in [0.05, 0.1) is 12.1 Å². The van der Waals surface area contributed by atoms with Crippen LogP contribution in [0.5, 0.6) is 11.5 Å². The van der Waals surface area contributed by atoms with Gasteiger partial charge in [-0.25, -0.2) is 4.39 Å². The highest BCUT2D eigenvalue weighted by atomic mass is 35.5. The maximum absolute atomic E-state index is 13.1. The van der Waals surface area contributed by atoms with Gasteiger partial charge in [0.1, 0.15) is 12.4 Å². The van der Waals surface area contributed by atoms with Gasteiger partial charge in [-0.15, -0.1) is 0 Å². The lowest BCUT2D eigenvalue weighted by Crippen LogP contribution is -2.01. The van der Waals surface area contributed by atoms with E-state index in [2.05, 4.69) is 11.9 Å². The Hall–Kier alpha value is -2.20. The third-order valence-corrected chi connectivity index (χ3v) is 3.29. The fourth-order valence-corrected chi connectivity index (χ4v) is 2.08. The van der Waals surface area contributed by atoms with Gasteiger partial charge in [0.15, 0.2) is 11.5 Å². The molecule has 0 aliphatic rings. The van der Waals surface area contributed by atoms with Crippen LogP contribution in [0.3, 0.4) is 0 Å². The molecule has 0 spiro atoms. The van der Waals surface area contributed by atoms with E-state index in [1.165, 1.54) is 6.07 Å². The smallest absolute Gasteiger partial charge is 0.161 e. The van der Waals surface area contributed by atoms with Gasteiger partial charge in [0, 0.05) is 12.2 Å². The Balaban J connectivity index is 2.06. The average molecular weight is 322 g/mol. The topological polar surface area (TPSA) is 30.5 Å². The SMILES string of the molecule is C=CCOc1ccc(CNc2ccc(F)c(Cl)c2)cc1OC. The highest BCUT2D eigenvalue weighted by molar-refractivity contribution is 6.31. The molecule has 0 bridgehead atoms. The van der Waals surface area contributed by atoms with E-state index in [4.69, 9.17) is 21.1 Å². The molecule has 0 saturated heterocycles. The fourth-order valence-electron chi connectivity index (χ4n) is 1.90. The molecule has 0 aliphatic heterocycles. The van der Waals surface area contributed by atoms with Crippen LogP contribution in [0, 0.1) is 5.82 Å². The first-order chi connectivity index (χ1) is 10.6. The summed E-state index contributed by atoms with van der Waals surface area (Å²) in [4.78, 5) is 0. The third kappa shape index (κ3) is 4.15. The lowest BCUT2D eigenvalue weighted by Gasteiger charge is -2.12. The predicted molar refractivity (Wildman–Crippen MR) is 87.4 cm³/mol. The summed E-state index contributed by atoms with van der Waals surface area (Å²) in [6.45, 7) is 4.59. The zero-order valence-electron chi connectivity index (χ0n) is 12.2. The Kier molecular flexibility index (Phi) is 5.67. The number of hydrogen-bond acceptors (Lipinski definition) is 3. The van der Waals surface area contributed by atoms with E-state index in [9.17, 15) is 4.39 Å². The van der Waals surface area contributed by atoms with Crippen molar-refractivity contribution in [2.24, 2.45) is 0 Å². The van der Waals surface area contributed by atoms with Gasteiger partial charge in [-0.1, -0.05) is 30.3 Å². The minimum Gasteiger partial charge on any atom is -0.493 e. The van der Waals surface area contributed by atoms with Crippen LogP contribution in [-0.4, -0.2) is 13.7 Å². The summed E-state index contributed by atoms with van der Waals surface area (Å²) in [6.07, 6.45) is 1.67. The Morgan fingerprint density at radius 2 is 2.05 bits per heavy atom. The standard InChI is InChI=1S/C17H17ClFNO2/c1-3-8-22-16-7-4-12(9-17(16)21-2)11-20-13-5-6-15(19)14(18)10-13/h3-7,9-10,20H,1,8,11H2,2H3. The quantitative estimate of drug-likeness (QED) is 0.752. The van der Waals surface area contributed by atoms with Gasteiger partial charge < -0.3 is 14.8 Å². The zero-order chi connectivity index (χ0) is 15.9. The summed E-state index contributed by atoms with van der Waals surface area (Å²) >= 11 is 5.75. The van der Waals surface area contributed by atoms with Crippen molar-refractivity contribution in [1.82, 2.24) is 0 Å². The minimum atomic E-state index is -0.433. The molecular formula is C17H17ClFNO2. The second kappa shape index (κ2) is 7.71. The third-order valence-electron chi connectivity index (χ3n) is 3.00. The molecule has 5 heteroatoms. The van der Waals surface area contributed by atoms with E-state index in [1.807, 2.05) is 18.2 Å². The van der Waals surface area contributed by atoms with Crippen LogP contribution in [0.2, 0.25) is 5.02 Å². The van der Waals surface area contributed by atoms with Crippen molar-refractivity contribution < 1.29 is 13.9 Å². The van der Waals surface area contributed by atoms with Crippen molar-refractivity contribution in [2.45, 2.75) is 6.54 Å². The number of benzene rings is 2. The fraction of sp³-hybridized carbons (Fsp3) is 0.176. The van der Waals surface area contributed by atoms with E-state index in [0.29, 0.717) is 24.7 Å². The van der Waals surface area contributed by atoms with E-state index >= 15 is 0 Å². The van der Waals surface area contributed by atoms with Crippen molar-refractivity contribution in [1.29, 1.82) is 0 Å². The zero-order valence-corrected chi connectivity index (χ0v) is 13.0. The first kappa shape index (κ1) is 16.2. The first-order valence-corrected chi connectivity index (χ1v) is 7.11. The van der Waals surface area contributed by atoms with E-state index in [1.54, 1.807) is 25.3 Å². The van der Waals surface area contributed by atoms with Gasteiger partial charge in [-0.05, 0) is 35.9 Å². The van der Waals surface area contributed by atoms with Crippen LogP contribution in [0.1, 0.15) is 5.56 Å². The number of ether oxygens (including phenoxy) is 2. The molecule has 0 unspecified atom stereocenters. The number of methoxy groups -OCH3 is 1. The van der Waals surface area contributed by atoms with Crippen molar-refractivity contribution in [3.05, 3.63) is 65.5 Å². The maximum Gasteiger partial charge on any atom is 0.161 e. The van der Waals surface area contributed by atoms with Crippen LogP contribution >= 0.6 is 11.6 Å². The summed E-state index contributed by atoms with van der Waals surface area (Å²) < 4.78 is 23.9. The van der Waals surface area contributed by atoms with Gasteiger partial charge in [0.25, 0.3) is 0 Å². The summed E-state index contributed by atoms with van der Waals surface area (Å²) in [5.41, 5.74) is 1.75. The molecule has 22 heavy (non-hydrogen) atoms. The molecule has 0 saturated carbocycles. The summed E-state index contributed by atoms with van der Waals surface area (Å²) in [5.74, 6) is 0.881. The van der Waals surface area contributed by atoms with E-state index in [0.717, 1.165) is 11.3 Å². The molecule has 116 valence electrons. The van der Waals surface area contributed by atoms with Gasteiger partial charge in [0.2, 0.25) is 0 Å². The molecule has 2 aromatic carbocycles. The van der Waals surface area contributed by atoms with Crippen molar-refractivity contribution in [3.8, 4) is 11.5 Å². The van der Waals surface area contributed by atoms with Crippen LogP contribution in [0.25, 0.3) is 0 Å². The highest BCUT2D eigenvalue weighted by Gasteiger charge is 2.06.